The molecule has 4 aliphatic rings. The molecule has 192 valence electrons. The molecule has 0 unspecified atom stereocenters. The predicted molar refractivity (Wildman–Crippen MR) is 116 cm³/mol. The van der Waals surface area contributed by atoms with Crippen molar-refractivity contribution in [1.29, 1.82) is 0 Å². The molecule has 1 saturated carbocycles. The zero-order valence-electron chi connectivity index (χ0n) is 19.7. The van der Waals surface area contributed by atoms with Gasteiger partial charge in [0.15, 0.2) is 0 Å². The van der Waals surface area contributed by atoms with E-state index in [0.29, 0.717) is 0 Å². The second kappa shape index (κ2) is 8.77. The first kappa shape index (κ1) is 24.9. The molecule has 0 amide bonds. The van der Waals surface area contributed by atoms with Gasteiger partial charge in [0, 0.05) is 39.5 Å². The monoisotopic (exact) mass is 504 g/mol. The van der Waals surface area contributed by atoms with E-state index in [9.17, 15) is 29.4 Å². The van der Waals surface area contributed by atoms with Crippen LogP contribution >= 0.6 is 0 Å². The molecule has 1 aliphatic carbocycles. The molecular weight excluding hydrogens is 480 g/mol. The molecule has 0 aromatic rings. The van der Waals surface area contributed by atoms with E-state index in [1.807, 2.05) is 0 Å². The largest absolute Gasteiger partial charge is 0.481 e. The van der Waals surface area contributed by atoms with Gasteiger partial charge in [0.2, 0.25) is 0 Å². The van der Waals surface area contributed by atoms with Crippen LogP contribution in [0.2, 0.25) is 0 Å². The average molecular weight is 504 g/mol. The maximum Gasteiger partial charge on any atom is 0.348 e. The molecule has 3 aliphatic heterocycles. The Labute approximate surface area is 205 Å². The zero-order chi connectivity index (χ0) is 26.3. The van der Waals surface area contributed by atoms with Gasteiger partial charge in [0.05, 0.1) is 0 Å². The van der Waals surface area contributed by atoms with Gasteiger partial charge in [-0.15, -0.1) is 0 Å². The lowest BCUT2D eigenvalue weighted by Gasteiger charge is -2.45. The van der Waals surface area contributed by atoms with Crippen LogP contribution in [-0.4, -0.2) is 51.5 Å². The van der Waals surface area contributed by atoms with Crippen molar-refractivity contribution in [2.45, 2.75) is 63.8 Å². The molecule has 0 aromatic carbocycles. The summed E-state index contributed by atoms with van der Waals surface area (Å²) < 4.78 is 31.6. The van der Waals surface area contributed by atoms with Crippen molar-refractivity contribution in [2.75, 3.05) is 0 Å². The molecule has 2 N–H and O–H groups in total. The molecule has 12 nitrogen and oxygen atoms in total. The molecular formula is C24H24O12. The molecule has 4 rings (SSSR count). The number of ether oxygens (including phenoxy) is 6. The summed E-state index contributed by atoms with van der Waals surface area (Å²) in [6.45, 7) is 4.29. The van der Waals surface area contributed by atoms with Crippen LogP contribution in [0.1, 0.15) is 46.5 Å². The molecule has 0 radical (unpaired) electrons. The maximum atomic E-state index is 12.5. The predicted octanol–water partition coefficient (Wildman–Crippen LogP) is 2.53. The first-order valence-corrected chi connectivity index (χ1v) is 11.0. The Morgan fingerprint density at radius 2 is 1.22 bits per heavy atom. The highest BCUT2D eigenvalue weighted by Crippen LogP contribution is 2.45. The van der Waals surface area contributed by atoms with Crippen LogP contribution in [0, 0.1) is 0 Å². The first-order valence-electron chi connectivity index (χ1n) is 11.0. The highest BCUT2D eigenvalue weighted by Gasteiger charge is 2.55. The smallest absolute Gasteiger partial charge is 0.348 e. The Morgan fingerprint density at radius 3 is 1.78 bits per heavy atom. The lowest BCUT2D eigenvalue weighted by molar-refractivity contribution is -0.297. The number of cyclic esters (lactones) is 1. The van der Waals surface area contributed by atoms with Crippen LogP contribution in [0.15, 0.2) is 59.0 Å². The van der Waals surface area contributed by atoms with Crippen molar-refractivity contribution in [1.82, 2.24) is 0 Å². The Bertz CT molecular complexity index is 1150. The van der Waals surface area contributed by atoms with E-state index in [2.05, 4.69) is 0 Å². The van der Waals surface area contributed by atoms with Gasteiger partial charge in [-0.1, -0.05) is 18.2 Å². The van der Waals surface area contributed by atoms with Crippen molar-refractivity contribution < 1.29 is 57.8 Å². The van der Waals surface area contributed by atoms with Gasteiger partial charge in [-0.2, -0.15) is 0 Å². The average Bonchev–Trinajstić information content (AvgIpc) is 2.77. The molecule has 0 atom stereocenters. The Morgan fingerprint density at radius 1 is 0.667 bits per heavy atom. The van der Waals surface area contributed by atoms with Crippen molar-refractivity contribution in [3.8, 4) is 0 Å². The topological polar surface area (TPSA) is 164 Å². The Balaban J connectivity index is 1.38. The fraction of sp³-hybridized carbons (Fsp3) is 0.417. The van der Waals surface area contributed by atoms with Gasteiger partial charge >= 0.3 is 23.9 Å². The van der Waals surface area contributed by atoms with E-state index in [1.165, 1.54) is 51.2 Å². The fourth-order valence-corrected chi connectivity index (χ4v) is 3.90. The number of esters is 4. The van der Waals surface area contributed by atoms with E-state index in [0.717, 1.165) is 0 Å². The summed E-state index contributed by atoms with van der Waals surface area (Å²) in [5.41, 5.74) is -0.614. The molecule has 0 bridgehead atoms. The number of aliphatic hydroxyl groups excluding tert-OH is 2. The highest BCUT2D eigenvalue weighted by molar-refractivity contribution is 6.15. The van der Waals surface area contributed by atoms with Gasteiger partial charge in [0.25, 0.3) is 29.3 Å². The zero-order valence-corrected chi connectivity index (χ0v) is 19.7. The van der Waals surface area contributed by atoms with E-state index in [1.54, 1.807) is 0 Å². The number of aliphatic hydroxyl groups is 2. The number of allylic oxidation sites excluding steroid dienone is 4. The third kappa shape index (κ3) is 4.79. The second-order valence-electron chi connectivity index (χ2n) is 8.96. The number of hydrogen-bond donors (Lipinski definition) is 2. The van der Waals surface area contributed by atoms with Gasteiger partial charge in [-0.25, -0.2) is 19.2 Å². The summed E-state index contributed by atoms with van der Waals surface area (Å²) in [5.74, 6) is -8.68. The Kier molecular flexibility index (Phi) is 6.07. The number of carbonyl (C=O) groups excluding carboxylic acids is 4. The third-order valence-corrected chi connectivity index (χ3v) is 5.84. The molecule has 36 heavy (non-hydrogen) atoms. The van der Waals surface area contributed by atoms with E-state index < -0.39 is 53.1 Å². The van der Waals surface area contributed by atoms with Crippen LogP contribution in [0.25, 0.3) is 0 Å². The lowest BCUT2D eigenvalue weighted by atomic mass is 9.87. The van der Waals surface area contributed by atoms with Crippen LogP contribution in [-0.2, 0) is 47.6 Å². The molecule has 1 saturated heterocycles. The molecule has 12 heteroatoms. The quantitative estimate of drug-likeness (QED) is 0.190. The summed E-state index contributed by atoms with van der Waals surface area (Å²) in [4.78, 5) is 48.9. The van der Waals surface area contributed by atoms with Crippen molar-refractivity contribution in [2.24, 2.45) is 0 Å². The summed E-state index contributed by atoms with van der Waals surface area (Å²) >= 11 is 0. The van der Waals surface area contributed by atoms with E-state index in [4.69, 9.17) is 28.4 Å². The number of hydrogen-bond acceptors (Lipinski definition) is 12. The number of carbonyl (C=O) groups is 4. The van der Waals surface area contributed by atoms with Crippen molar-refractivity contribution in [3.05, 3.63) is 59.0 Å². The SMILES string of the molecule is CC1=C(O)OC2(CCC3(CC2)OC(=O)C(=C/C=C/C=C/C2=C(O)OC(C)(C)OC2=O)C(=O)O3)OC1=O. The second-order valence-corrected chi connectivity index (χ2v) is 8.96. The maximum absolute atomic E-state index is 12.5. The lowest BCUT2D eigenvalue weighted by Crippen LogP contribution is -2.54. The van der Waals surface area contributed by atoms with Gasteiger partial charge < -0.3 is 38.6 Å². The van der Waals surface area contributed by atoms with E-state index in [-0.39, 0.29) is 42.4 Å². The molecule has 3 heterocycles. The Hall–Kier alpha value is -4.22. The fourth-order valence-electron chi connectivity index (χ4n) is 3.90. The molecule has 0 aromatic heterocycles. The number of rotatable bonds is 3. The summed E-state index contributed by atoms with van der Waals surface area (Å²) in [6, 6.07) is 0. The van der Waals surface area contributed by atoms with Crippen LogP contribution in [0.4, 0.5) is 0 Å². The third-order valence-electron chi connectivity index (χ3n) is 5.84. The standard InChI is InChI=1S/C24H24O12/c1-13-16(25)33-23(34-17(13)26)9-11-24(12-10-23)35-20(29)15(21(30)36-24)8-6-4-5-7-14-18(27)31-22(2,3)32-19(14)28/h4-8,25,27H,9-12H2,1-3H3/b6-4+,7-5+,15-8?. The van der Waals surface area contributed by atoms with Gasteiger partial charge in [-0.05, 0) is 19.1 Å². The van der Waals surface area contributed by atoms with Crippen LogP contribution in [0.3, 0.4) is 0 Å². The summed E-state index contributed by atoms with van der Waals surface area (Å²) in [6.07, 6.45) is 6.53. The highest BCUT2D eigenvalue weighted by atomic mass is 16.8. The summed E-state index contributed by atoms with van der Waals surface area (Å²) in [5, 5.41) is 19.7. The minimum Gasteiger partial charge on any atom is -0.481 e. The molecule has 2 fully saturated rings. The van der Waals surface area contributed by atoms with Crippen LogP contribution in [0.5, 0.6) is 0 Å². The minimum absolute atomic E-state index is 0.0104. The molecule has 2 spiro atoms. The van der Waals surface area contributed by atoms with Crippen LogP contribution < -0.4 is 0 Å². The van der Waals surface area contributed by atoms with Crippen molar-refractivity contribution >= 4 is 23.9 Å². The normalized spacial score (nSPS) is 30.2. The summed E-state index contributed by atoms with van der Waals surface area (Å²) in [7, 11) is 0. The van der Waals surface area contributed by atoms with E-state index >= 15 is 0 Å². The van der Waals surface area contributed by atoms with Gasteiger partial charge in [0.1, 0.15) is 16.7 Å². The van der Waals surface area contributed by atoms with Crippen molar-refractivity contribution in [3.63, 3.8) is 0 Å². The first-order chi connectivity index (χ1) is 16.8. The minimum atomic E-state index is -1.54. The van der Waals surface area contributed by atoms with Gasteiger partial charge in [-0.3, -0.25) is 0 Å².